The van der Waals surface area contributed by atoms with Crippen molar-refractivity contribution in [1.82, 2.24) is 10.6 Å². The van der Waals surface area contributed by atoms with Crippen molar-refractivity contribution in [2.24, 2.45) is 5.73 Å². The van der Waals surface area contributed by atoms with Crippen molar-refractivity contribution in [3.05, 3.63) is 40.3 Å². The molecule has 10 heteroatoms. The van der Waals surface area contributed by atoms with Crippen molar-refractivity contribution < 1.29 is 22.7 Å². The van der Waals surface area contributed by atoms with E-state index in [-0.39, 0.29) is 16.3 Å². The lowest BCUT2D eigenvalue weighted by atomic mass is 10.2. The molecule has 0 radical (unpaired) electrons. The normalized spacial score (nSPS) is 18.3. The van der Waals surface area contributed by atoms with Crippen LogP contribution >= 0.6 is 11.8 Å². The fourth-order valence-electron chi connectivity index (χ4n) is 1.73. The maximum atomic E-state index is 12.4. The largest absolute Gasteiger partial charge is 0.425 e. The molecule has 2 rings (SSSR count). The van der Waals surface area contributed by atoms with E-state index in [1.165, 1.54) is 24.5 Å². The van der Waals surface area contributed by atoms with Crippen LogP contribution in [0, 0.1) is 0 Å². The lowest BCUT2D eigenvalue weighted by Crippen LogP contribution is -2.41. The number of thioether (sulfide) groups is 1. The second-order valence-electron chi connectivity index (χ2n) is 5.09. The van der Waals surface area contributed by atoms with Gasteiger partial charge in [-0.1, -0.05) is 23.9 Å². The van der Waals surface area contributed by atoms with Gasteiger partial charge in [0.15, 0.2) is 15.3 Å². The monoisotopic (exact) mass is 371 g/mol. The first-order valence-electron chi connectivity index (χ1n) is 6.88. The average Bonchev–Trinajstić information content (AvgIpc) is 2.96. The van der Waals surface area contributed by atoms with Crippen LogP contribution in [0.3, 0.4) is 0 Å². The molecule has 0 saturated heterocycles. The number of amides is 1. The molecule has 1 amide bonds. The first-order valence-corrected chi connectivity index (χ1v) is 9.71. The first-order chi connectivity index (χ1) is 11.2. The van der Waals surface area contributed by atoms with Gasteiger partial charge >= 0.3 is 5.97 Å². The summed E-state index contributed by atoms with van der Waals surface area (Å²) in [5.41, 5.74) is 4.95. The molecular weight excluding hydrogens is 354 g/mol. The Labute approximate surface area is 143 Å². The summed E-state index contributed by atoms with van der Waals surface area (Å²) in [6.45, 7) is 1.47. The minimum absolute atomic E-state index is 0.0365. The molecule has 0 spiro atoms. The molecule has 130 valence electrons. The van der Waals surface area contributed by atoms with Crippen molar-refractivity contribution in [1.29, 1.82) is 0 Å². The highest BCUT2D eigenvalue weighted by molar-refractivity contribution is 8.04. The van der Waals surface area contributed by atoms with Crippen LogP contribution in [0.25, 0.3) is 0 Å². The fourth-order valence-corrected chi connectivity index (χ4v) is 3.70. The summed E-state index contributed by atoms with van der Waals surface area (Å²) in [5.74, 6) is -1.10. The van der Waals surface area contributed by atoms with Gasteiger partial charge < -0.3 is 21.1 Å². The number of esters is 1. The summed E-state index contributed by atoms with van der Waals surface area (Å²) in [5, 5.41) is 6.76. The van der Waals surface area contributed by atoms with Crippen LogP contribution in [0.1, 0.15) is 17.3 Å². The number of nitrogens with one attached hydrogen (secondary N) is 2. The molecule has 1 aliphatic heterocycles. The third-order valence-corrected chi connectivity index (χ3v) is 5.02. The smallest absolute Gasteiger partial charge is 0.328 e. The second-order valence-corrected chi connectivity index (χ2v) is 8.06. The number of ether oxygens (including phenoxy) is 1. The van der Waals surface area contributed by atoms with Crippen LogP contribution in [-0.4, -0.2) is 38.1 Å². The molecule has 1 unspecified atom stereocenters. The zero-order valence-corrected chi connectivity index (χ0v) is 14.6. The van der Waals surface area contributed by atoms with Crippen LogP contribution in [0.4, 0.5) is 0 Å². The van der Waals surface area contributed by atoms with Crippen molar-refractivity contribution in [2.75, 3.05) is 6.26 Å². The molecule has 0 bridgehead atoms. The number of rotatable bonds is 5. The summed E-state index contributed by atoms with van der Waals surface area (Å²) in [7, 11) is -3.37. The molecule has 1 aromatic rings. The number of para-hydroxylation sites is 1. The lowest BCUT2D eigenvalue weighted by molar-refractivity contribution is -0.135. The average molecular weight is 371 g/mol. The third kappa shape index (κ3) is 4.49. The van der Waals surface area contributed by atoms with Gasteiger partial charge in [0.25, 0.3) is 5.91 Å². The molecular formula is C14H17N3O5S2. The highest BCUT2D eigenvalue weighted by Gasteiger charge is 2.26. The van der Waals surface area contributed by atoms with Gasteiger partial charge in [-0.25, -0.2) is 13.2 Å². The topological polar surface area (TPSA) is 128 Å². The van der Waals surface area contributed by atoms with Gasteiger partial charge in [-0.3, -0.25) is 4.79 Å². The lowest BCUT2D eigenvalue weighted by Gasteiger charge is -2.16. The van der Waals surface area contributed by atoms with Gasteiger partial charge in [0.2, 0.25) is 0 Å². The molecule has 1 heterocycles. The SMILES string of the molecule is C[C@H](N)C(=O)Oc1ccccc1C(=O)NC1NC(S(C)(=O)=O)=CS1. The first kappa shape index (κ1) is 18.3. The Bertz CT molecular complexity index is 789. The van der Waals surface area contributed by atoms with Gasteiger partial charge in [-0.15, -0.1) is 0 Å². The van der Waals surface area contributed by atoms with E-state index in [0.717, 1.165) is 18.0 Å². The van der Waals surface area contributed by atoms with Gasteiger partial charge in [0, 0.05) is 11.7 Å². The van der Waals surface area contributed by atoms with E-state index in [0.29, 0.717) is 0 Å². The van der Waals surface area contributed by atoms with Crippen LogP contribution in [0.2, 0.25) is 0 Å². The van der Waals surface area contributed by atoms with E-state index in [9.17, 15) is 18.0 Å². The van der Waals surface area contributed by atoms with Crippen molar-refractivity contribution in [3.63, 3.8) is 0 Å². The third-order valence-electron chi connectivity index (χ3n) is 2.96. The van der Waals surface area contributed by atoms with Gasteiger partial charge in [-0.05, 0) is 19.1 Å². The van der Waals surface area contributed by atoms with E-state index in [1.807, 2.05) is 0 Å². The van der Waals surface area contributed by atoms with E-state index >= 15 is 0 Å². The number of carbonyl (C=O) groups excluding carboxylic acids is 2. The molecule has 0 aliphatic carbocycles. The minimum atomic E-state index is -3.37. The predicted octanol–water partition coefficient (Wildman–Crippen LogP) is 0.132. The molecule has 2 atom stereocenters. The van der Waals surface area contributed by atoms with Crippen molar-refractivity contribution in [2.45, 2.75) is 18.5 Å². The summed E-state index contributed by atoms with van der Waals surface area (Å²) in [6, 6.07) is 5.38. The molecule has 1 aliphatic rings. The van der Waals surface area contributed by atoms with Crippen molar-refractivity contribution >= 4 is 33.5 Å². The maximum Gasteiger partial charge on any atom is 0.328 e. The summed E-state index contributed by atoms with van der Waals surface area (Å²) in [6.07, 6.45) is 1.07. The standard InChI is InChI=1S/C14H17N3O5S2/c1-8(15)13(19)22-10-6-4-3-5-9(10)12(18)17-14-16-11(7-23-14)24(2,20)21/h3-8,14,16H,15H2,1-2H3,(H,17,18)/t8-,14?/m0/s1. The van der Waals surface area contributed by atoms with Crippen LogP contribution in [0.5, 0.6) is 5.75 Å². The van der Waals surface area contributed by atoms with Gasteiger partial charge in [-0.2, -0.15) is 0 Å². The summed E-state index contributed by atoms with van der Waals surface area (Å²) < 4.78 is 28.0. The number of nitrogens with two attached hydrogens (primary N) is 1. The second kappa shape index (κ2) is 7.24. The Morgan fingerprint density at radius 2 is 2.04 bits per heavy atom. The molecule has 0 aromatic heterocycles. The van der Waals surface area contributed by atoms with E-state index in [2.05, 4.69) is 10.6 Å². The van der Waals surface area contributed by atoms with Crippen LogP contribution in [-0.2, 0) is 14.6 Å². The maximum absolute atomic E-state index is 12.4. The molecule has 0 fully saturated rings. The Kier molecular flexibility index (Phi) is 5.52. The Morgan fingerprint density at radius 3 is 2.62 bits per heavy atom. The molecule has 8 nitrogen and oxygen atoms in total. The predicted molar refractivity (Wildman–Crippen MR) is 90.6 cm³/mol. The van der Waals surface area contributed by atoms with Crippen LogP contribution in [0.15, 0.2) is 34.7 Å². The molecule has 0 saturated carbocycles. The fraction of sp³-hybridized carbons (Fsp3) is 0.286. The van der Waals surface area contributed by atoms with Crippen LogP contribution < -0.4 is 21.1 Å². The van der Waals surface area contributed by atoms with E-state index in [1.54, 1.807) is 12.1 Å². The number of hydrogen-bond acceptors (Lipinski definition) is 8. The molecule has 24 heavy (non-hydrogen) atoms. The minimum Gasteiger partial charge on any atom is -0.425 e. The Hall–Kier alpha value is -2.04. The number of sulfone groups is 1. The number of benzene rings is 1. The number of hydrogen-bond donors (Lipinski definition) is 3. The zero-order valence-electron chi connectivity index (χ0n) is 13.0. The van der Waals surface area contributed by atoms with E-state index in [4.69, 9.17) is 10.5 Å². The van der Waals surface area contributed by atoms with Crippen molar-refractivity contribution in [3.8, 4) is 5.75 Å². The zero-order chi connectivity index (χ0) is 17.9. The van der Waals surface area contributed by atoms with Gasteiger partial charge in [0.05, 0.1) is 5.56 Å². The van der Waals surface area contributed by atoms with Gasteiger partial charge in [0.1, 0.15) is 16.8 Å². The number of carbonyl (C=O) groups is 2. The summed E-state index contributed by atoms with van der Waals surface area (Å²) in [4.78, 5) is 24.0. The highest BCUT2D eigenvalue weighted by atomic mass is 32.2. The Balaban J connectivity index is 2.08. The highest BCUT2D eigenvalue weighted by Crippen LogP contribution is 2.23. The summed E-state index contributed by atoms with van der Waals surface area (Å²) >= 11 is 1.11. The quantitative estimate of drug-likeness (QED) is 0.492. The Morgan fingerprint density at radius 1 is 1.38 bits per heavy atom. The molecule has 4 N–H and O–H groups in total. The van der Waals surface area contributed by atoms with E-state index < -0.39 is 33.3 Å². The molecule has 1 aromatic carbocycles.